The molecule has 0 saturated carbocycles. The number of hydrazine groups is 1. The van der Waals surface area contributed by atoms with Crippen LogP contribution in [0.4, 0.5) is 0 Å². The highest BCUT2D eigenvalue weighted by molar-refractivity contribution is 7.07. The highest BCUT2D eigenvalue weighted by Crippen LogP contribution is 2.11. The lowest BCUT2D eigenvalue weighted by molar-refractivity contribution is -0.122. The van der Waals surface area contributed by atoms with Crippen molar-refractivity contribution in [3.63, 3.8) is 0 Å². The molecule has 2 amide bonds. The summed E-state index contributed by atoms with van der Waals surface area (Å²) in [5, 5.41) is 1.74. The van der Waals surface area contributed by atoms with Crippen molar-refractivity contribution in [1.29, 1.82) is 0 Å². The number of aryl methyl sites for hydroxylation is 1. The summed E-state index contributed by atoms with van der Waals surface area (Å²) in [5.74, 6) is -0.114. The lowest BCUT2D eigenvalue weighted by Crippen LogP contribution is -2.42. The predicted octanol–water partition coefficient (Wildman–Crippen LogP) is 1.47. The number of thiazole rings is 1. The van der Waals surface area contributed by atoms with Crippen LogP contribution in [-0.2, 0) is 11.3 Å². The summed E-state index contributed by atoms with van der Waals surface area (Å²) < 4.78 is 6.82. The Balaban J connectivity index is 1.80. The molecule has 7 nitrogen and oxygen atoms in total. The molecule has 0 bridgehead atoms. The molecule has 128 valence electrons. The van der Waals surface area contributed by atoms with E-state index in [0.717, 1.165) is 17.0 Å². The van der Waals surface area contributed by atoms with Gasteiger partial charge < -0.3 is 9.30 Å². The molecule has 1 heterocycles. The van der Waals surface area contributed by atoms with Crippen molar-refractivity contribution in [3.05, 3.63) is 50.6 Å². The normalized spacial score (nSPS) is 10.2. The van der Waals surface area contributed by atoms with E-state index in [4.69, 9.17) is 4.74 Å². The van der Waals surface area contributed by atoms with E-state index in [1.165, 1.54) is 4.57 Å². The van der Waals surface area contributed by atoms with Crippen molar-refractivity contribution >= 4 is 23.2 Å². The van der Waals surface area contributed by atoms with Crippen molar-refractivity contribution in [3.8, 4) is 5.75 Å². The lowest BCUT2D eigenvalue weighted by Gasteiger charge is -2.09. The molecule has 0 aliphatic carbocycles. The van der Waals surface area contributed by atoms with Gasteiger partial charge >= 0.3 is 4.87 Å². The van der Waals surface area contributed by atoms with Gasteiger partial charge in [0.05, 0.1) is 6.61 Å². The Bertz CT molecular complexity index is 764. The first-order chi connectivity index (χ1) is 11.5. The van der Waals surface area contributed by atoms with Gasteiger partial charge in [-0.3, -0.25) is 25.2 Å². The minimum Gasteiger partial charge on any atom is -0.494 e. The summed E-state index contributed by atoms with van der Waals surface area (Å²) in [7, 11) is 0. The zero-order chi connectivity index (χ0) is 17.5. The third-order valence-electron chi connectivity index (χ3n) is 3.28. The van der Waals surface area contributed by atoms with Crippen molar-refractivity contribution in [1.82, 2.24) is 15.4 Å². The number of hydrogen-bond acceptors (Lipinski definition) is 5. The Kier molecular flexibility index (Phi) is 6.14. The number of aromatic nitrogens is 1. The molecule has 2 rings (SSSR count). The molecule has 0 unspecified atom stereocenters. The third-order valence-corrected chi connectivity index (χ3v) is 4.16. The van der Waals surface area contributed by atoms with Crippen LogP contribution in [0, 0.1) is 6.92 Å². The first-order valence-electron chi connectivity index (χ1n) is 7.48. The van der Waals surface area contributed by atoms with Crippen LogP contribution in [0.1, 0.15) is 29.4 Å². The summed E-state index contributed by atoms with van der Waals surface area (Å²) in [6, 6.07) is 6.60. The molecule has 8 heteroatoms. The van der Waals surface area contributed by atoms with Gasteiger partial charge in [-0.05, 0) is 38.1 Å². The minimum atomic E-state index is -0.421. The van der Waals surface area contributed by atoms with E-state index in [9.17, 15) is 14.4 Å². The Labute approximate surface area is 143 Å². The molecule has 24 heavy (non-hydrogen) atoms. The first-order valence-corrected chi connectivity index (χ1v) is 8.36. The summed E-state index contributed by atoms with van der Waals surface area (Å²) in [6.07, 6.45) is 0.0983. The number of ether oxygens (including phenoxy) is 1. The summed E-state index contributed by atoms with van der Waals surface area (Å²) >= 11 is 1.10. The lowest BCUT2D eigenvalue weighted by atomic mass is 10.2. The Morgan fingerprint density at radius 1 is 1.21 bits per heavy atom. The number of nitrogens with one attached hydrogen (secondary N) is 2. The summed E-state index contributed by atoms with van der Waals surface area (Å²) in [6.45, 7) is 4.51. The van der Waals surface area contributed by atoms with Gasteiger partial charge in [-0.15, -0.1) is 0 Å². The van der Waals surface area contributed by atoms with Crippen molar-refractivity contribution in [2.24, 2.45) is 0 Å². The van der Waals surface area contributed by atoms with E-state index in [2.05, 4.69) is 10.9 Å². The molecule has 0 aliphatic heterocycles. The highest BCUT2D eigenvalue weighted by atomic mass is 32.1. The maximum Gasteiger partial charge on any atom is 0.307 e. The molecule has 0 atom stereocenters. The molecule has 0 spiro atoms. The van der Waals surface area contributed by atoms with E-state index < -0.39 is 5.91 Å². The fourth-order valence-corrected chi connectivity index (χ4v) is 2.78. The molecular weight excluding hydrogens is 330 g/mol. The van der Waals surface area contributed by atoms with Crippen LogP contribution in [-0.4, -0.2) is 23.0 Å². The van der Waals surface area contributed by atoms with Gasteiger partial charge in [0.1, 0.15) is 5.75 Å². The maximum absolute atomic E-state index is 11.9. The van der Waals surface area contributed by atoms with Crippen LogP contribution in [0.15, 0.2) is 34.4 Å². The van der Waals surface area contributed by atoms with Crippen LogP contribution in [0.25, 0.3) is 0 Å². The van der Waals surface area contributed by atoms with Crippen LogP contribution in [0.2, 0.25) is 0 Å². The van der Waals surface area contributed by atoms with Gasteiger partial charge in [0, 0.05) is 29.6 Å². The zero-order valence-electron chi connectivity index (χ0n) is 13.5. The number of hydrogen-bond donors (Lipinski definition) is 2. The average molecular weight is 349 g/mol. The second-order valence-electron chi connectivity index (χ2n) is 5.00. The van der Waals surface area contributed by atoms with Gasteiger partial charge in [0.25, 0.3) is 5.91 Å². The number of benzene rings is 1. The number of amides is 2. The fourth-order valence-electron chi connectivity index (χ4n) is 2.02. The van der Waals surface area contributed by atoms with Gasteiger partial charge in [-0.1, -0.05) is 11.3 Å². The fraction of sp³-hybridized carbons (Fsp3) is 0.312. The summed E-state index contributed by atoms with van der Waals surface area (Å²) in [5.41, 5.74) is 5.91. The second kappa shape index (κ2) is 8.30. The Morgan fingerprint density at radius 3 is 2.50 bits per heavy atom. The van der Waals surface area contributed by atoms with E-state index >= 15 is 0 Å². The number of carbonyl (C=O) groups excluding carboxylic acids is 2. The Hall–Kier alpha value is -2.61. The van der Waals surface area contributed by atoms with Crippen LogP contribution >= 0.6 is 11.3 Å². The van der Waals surface area contributed by atoms with Gasteiger partial charge in [-0.2, -0.15) is 0 Å². The molecule has 0 fully saturated rings. The largest absolute Gasteiger partial charge is 0.494 e. The Morgan fingerprint density at radius 2 is 1.92 bits per heavy atom. The number of carbonyl (C=O) groups is 2. The molecule has 1 aromatic heterocycles. The molecule has 0 aliphatic rings. The third kappa shape index (κ3) is 4.69. The van der Waals surface area contributed by atoms with E-state index in [1.54, 1.807) is 29.6 Å². The van der Waals surface area contributed by atoms with Gasteiger partial charge in [0.15, 0.2) is 0 Å². The van der Waals surface area contributed by atoms with Crippen molar-refractivity contribution in [2.75, 3.05) is 6.61 Å². The van der Waals surface area contributed by atoms with Crippen molar-refractivity contribution in [2.45, 2.75) is 26.8 Å². The van der Waals surface area contributed by atoms with E-state index in [-0.39, 0.29) is 23.7 Å². The summed E-state index contributed by atoms with van der Waals surface area (Å²) in [4.78, 5) is 35.2. The zero-order valence-corrected chi connectivity index (χ0v) is 14.3. The maximum atomic E-state index is 11.9. The van der Waals surface area contributed by atoms with Crippen LogP contribution in [0.3, 0.4) is 0 Å². The monoisotopic (exact) mass is 349 g/mol. The standard InChI is InChI=1S/C16H19N3O4S/c1-3-23-13-6-4-12(5-7-13)15(21)18-17-14(20)8-9-19-11(2)10-24-16(19)22/h4-7,10H,3,8-9H2,1-2H3,(H,17,20)(H,18,21). The van der Waals surface area contributed by atoms with E-state index in [0.29, 0.717) is 17.9 Å². The average Bonchev–Trinajstić information content (AvgIpc) is 2.90. The molecule has 2 aromatic rings. The van der Waals surface area contributed by atoms with Crippen LogP contribution in [0.5, 0.6) is 5.75 Å². The quantitative estimate of drug-likeness (QED) is 0.773. The smallest absolute Gasteiger partial charge is 0.307 e. The number of nitrogens with zero attached hydrogens (tertiary/aromatic N) is 1. The van der Waals surface area contributed by atoms with Crippen molar-refractivity contribution < 1.29 is 14.3 Å². The molecule has 2 N–H and O–H groups in total. The van der Waals surface area contributed by atoms with Gasteiger partial charge in [0.2, 0.25) is 5.91 Å². The number of rotatable bonds is 6. The first kappa shape index (κ1) is 17.7. The molecule has 1 aromatic carbocycles. The topological polar surface area (TPSA) is 89.4 Å². The SMILES string of the molecule is CCOc1ccc(C(=O)NNC(=O)CCn2c(C)csc2=O)cc1. The molecular formula is C16H19N3O4S. The predicted molar refractivity (Wildman–Crippen MR) is 91.2 cm³/mol. The van der Waals surface area contributed by atoms with E-state index in [1.807, 2.05) is 13.8 Å². The highest BCUT2D eigenvalue weighted by Gasteiger charge is 2.09. The molecule has 0 saturated heterocycles. The van der Waals surface area contributed by atoms with Gasteiger partial charge in [-0.25, -0.2) is 0 Å². The van der Waals surface area contributed by atoms with Crippen LogP contribution < -0.4 is 20.5 Å². The minimum absolute atomic E-state index is 0.0983. The molecule has 0 radical (unpaired) electrons. The second-order valence-corrected chi connectivity index (χ2v) is 5.82.